The predicted octanol–water partition coefficient (Wildman–Crippen LogP) is 4.07. The molecule has 0 aliphatic heterocycles. The lowest BCUT2D eigenvalue weighted by Crippen LogP contribution is -2.42. The normalized spacial score (nSPS) is 13.0. The quantitative estimate of drug-likeness (QED) is 0.369. The Hall–Kier alpha value is -1.64. The first kappa shape index (κ1) is 23.4. The number of imidazole rings is 1. The number of halogens is 1. The van der Waals surface area contributed by atoms with Gasteiger partial charge in [0, 0.05) is 38.2 Å². The topological polar surface area (TPSA) is 67.1 Å². The molecule has 150 valence electrons. The van der Waals surface area contributed by atoms with E-state index in [1.807, 2.05) is 30.0 Å². The Labute approximate surface area is 180 Å². The van der Waals surface area contributed by atoms with Gasteiger partial charge in [0.05, 0.1) is 0 Å². The predicted molar refractivity (Wildman–Crippen MR) is 123 cm³/mol. The summed E-state index contributed by atoms with van der Waals surface area (Å²) >= 11 is 0. The van der Waals surface area contributed by atoms with Gasteiger partial charge in [-0.2, -0.15) is 0 Å². The van der Waals surface area contributed by atoms with Crippen molar-refractivity contribution in [3.05, 3.63) is 42.1 Å². The zero-order valence-electron chi connectivity index (χ0n) is 17.3. The number of guanidine groups is 1. The van der Waals surface area contributed by atoms with E-state index in [2.05, 4.69) is 59.4 Å². The van der Waals surface area contributed by atoms with E-state index in [4.69, 9.17) is 0 Å². The second-order valence-corrected chi connectivity index (χ2v) is 7.94. The molecule has 6 nitrogen and oxygen atoms in total. The minimum Gasteiger partial charge on any atom is -0.354 e. The van der Waals surface area contributed by atoms with Gasteiger partial charge in [0.1, 0.15) is 11.6 Å². The molecule has 2 aromatic rings. The number of nitrogens with zero attached hydrogens (tertiary/aromatic N) is 4. The average molecular weight is 484 g/mol. The Morgan fingerprint density at radius 2 is 2.00 bits per heavy atom. The first-order valence-corrected chi connectivity index (χ1v) is 9.21. The first-order chi connectivity index (χ1) is 12.3. The van der Waals surface area contributed by atoms with E-state index < -0.39 is 0 Å². The Bertz CT molecular complexity index is 715. The lowest BCUT2D eigenvalue weighted by Gasteiger charge is -2.23. The van der Waals surface area contributed by atoms with Crippen molar-refractivity contribution in [2.45, 2.75) is 60.0 Å². The Morgan fingerprint density at radius 1 is 1.26 bits per heavy atom. The molecule has 1 unspecified atom stereocenters. The van der Waals surface area contributed by atoms with Gasteiger partial charge in [0.15, 0.2) is 5.96 Å². The summed E-state index contributed by atoms with van der Waals surface area (Å²) in [5.41, 5.74) is 1.46. The minimum absolute atomic E-state index is 0. The van der Waals surface area contributed by atoms with Crippen LogP contribution in [0.1, 0.15) is 51.9 Å². The Morgan fingerprint density at radius 3 is 2.52 bits per heavy atom. The molecule has 0 aromatic carbocycles. The third-order valence-corrected chi connectivity index (χ3v) is 4.28. The van der Waals surface area contributed by atoms with Gasteiger partial charge < -0.3 is 10.6 Å². The molecule has 2 aromatic heterocycles. The molecule has 0 bridgehead atoms. The molecule has 2 rings (SSSR count). The lowest BCUT2D eigenvalue weighted by molar-refractivity contribution is 0.346. The second-order valence-electron chi connectivity index (χ2n) is 7.94. The van der Waals surface area contributed by atoms with E-state index in [-0.39, 0.29) is 24.0 Å². The smallest absolute Gasteiger partial charge is 0.191 e. The molecule has 0 aliphatic carbocycles. The summed E-state index contributed by atoms with van der Waals surface area (Å²) in [5.74, 6) is 2.63. The summed E-state index contributed by atoms with van der Waals surface area (Å²) in [6.07, 6.45) is 7.88. The summed E-state index contributed by atoms with van der Waals surface area (Å²) in [7, 11) is 1.80. The summed E-state index contributed by atoms with van der Waals surface area (Å²) in [6, 6.07) is 4.46. The van der Waals surface area contributed by atoms with Crippen molar-refractivity contribution >= 4 is 29.9 Å². The number of aryl methyl sites for hydroxylation is 1. The number of hydrogen-bond acceptors (Lipinski definition) is 3. The van der Waals surface area contributed by atoms with Crippen molar-refractivity contribution < 1.29 is 0 Å². The van der Waals surface area contributed by atoms with Crippen LogP contribution in [0.4, 0.5) is 0 Å². The zero-order valence-corrected chi connectivity index (χ0v) is 19.6. The highest BCUT2D eigenvalue weighted by Gasteiger charge is 2.13. The fourth-order valence-corrected chi connectivity index (χ4v) is 2.62. The molecule has 0 aliphatic rings. The van der Waals surface area contributed by atoms with Crippen molar-refractivity contribution in [3.63, 3.8) is 0 Å². The summed E-state index contributed by atoms with van der Waals surface area (Å²) in [4.78, 5) is 13.1. The van der Waals surface area contributed by atoms with Crippen LogP contribution < -0.4 is 10.6 Å². The maximum absolute atomic E-state index is 4.53. The van der Waals surface area contributed by atoms with Gasteiger partial charge in [-0.25, -0.2) is 9.97 Å². The molecule has 0 fully saturated rings. The zero-order chi connectivity index (χ0) is 19.2. The Kier molecular flexibility index (Phi) is 9.21. The highest BCUT2D eigenvalue weighted by molar-refractivity contribution is 14.0. The van der Waals surface area contributed by atoms with Crippen LogP contribution >= 0.6 is 24.0 Å². The van der Waals surface area contributed by atoms with Gasteiger partial charge in [-0.3, -0.25) is 9.56 Å². The summed E-state index contributed by atoms with van der Waals surface area (Å²) < 4.78 is 1.97. The molecule has 2 heterocycles. The molecule has 1 atom stereocenters. The van der Waals surface area contributed by atoms with Crippen LogP contribution in [0.3, 0.4) is 0 Å². The number of hydrogen-bond donors (Lipinski definition) is 2. The number of aromatic nitrogens is 3. The van der Waals surface area contributed by atoms with Gasteiger partial charge in [-0.15, -0.1) is 24.0 Å². The molecule has 0 amide bonds. The van der Waals surface area contributed by atoms with Gasteiger partial charge in [-0.05, 0) is 43.7 Å². The van der Waals surface area contributed by atoms with E-state index in [1.165, 1.54) is 6.42 Å². The van der Waals surface area contributed by atoms with Gasteiger partial charge in [0.25, 0.3) is 0 Å². The van der Waals surface area contributed by atoms with Crippen LogP contribution in [0.5, 0.6) is 0 Å². The monoisotopic (exact) mass is 484 g/mol. The van der Waals surface area contributed by atoms with Crippen molar-refractivity contribution in [2.24, 2.45) is 10.4 Å². The molecular formula is C20H33IN6. The fourth-order valence-electron chi connectivity index (χ4n) is 2.62. The summed E-state index contributed by atoms with van der Waals surface area (Å²) in [5, 5.41) is 6.82. The molecule has 2 N–H and O–H groups in total. The van der Waals surface area contributed by atoms with Crippen LogP contribution in [0, 0.1) is 12.3 Å². The van der Waals surface area contributed by atoms with Crippen LogP contribution in [0.25, 0.3) is 5.82 Å². The number of pyridine rings is 1. The standard InChI is InChI=1S/C20H32N6.HI/c1-15(9-10-20(3,4)5)25-19(21-6)24-14-17-7-8-18(23-13-17)26-12-11-22-16(26)2;/h7-8,11-13,15H,9-10,14H2,1-6H3,(H2,21,24,25);1H. The molecule has 0 spiro atoms. The first-order valence-electron chi connectivity index (χ1n) is 9.21. The van der Waals surface area contributed by atoms with Crippen molar-refractivity contribution in [3.8, 4) is 5.82 Å². The van der Waals surface area contributed by atoms with Crippen molar-refractivity contribution in [2.75, 3.05) is 7.05 Å². The van der Waals surface area contributed by atoms with E-state index in [0.717, 1.165) is 29.6 Å². The molecule has 0 saturated heterocycles. The van der Waals surface area contributed by atoms with Crippen LogP contribution in [-0.4, -0.2) is 33.6 Å². The van der Waals surface area contributed by atoms with Gasteiger partial charge in [0.2, 0.25) is 0 Å². The average Bonchev–Trinajstić information content (AvgIpc) is 3.02. The van der Waals surface area contributed by atoms with Crippen LogP contribution in [-0.2, 0) is 6.54 Å². The summed E-state index contributed by atoms with van der Waals surface area (Å²) in [6.45, 7) is 11.7. The van der Waals surface area contributed by atoms with E-state index in [9.17, 15) is 0 Å². The number of rotatable bonds is 6. The van der Waals surface area contributed by atoms with Crippen molar-refractivity contribution in [1.29, 1.82) is 0 Å². The third-order valence-electron chi connectivity index (χ3n) is 4.28. The van der Waals surface area contributed by atoms with E-state index >= 15 is 0 Å². The molecule has 0 radical (unpaired) electrons. The number of aliphatic imine (C=N–C) groups is 1. The van der Waals surface area contributed by atoms with Crippen molar-refractivity contribution in [1.82, 2.24) is 25.2 Å². The minimum atomic E-state index is 0. The van der Waals surface area contributed by atoms with Gasteiger partial charge >= 0.3 is 0 Å². The second kappa shape index (κ2) is 10.6. The molecule has 7 heteroatoms. The van der Waals surface area contributed by atoms with E-state index in [1.54, 1.807) is 13.2 Å². The largest absolute Gasteiger partial charge is 0.354 e. The highest BCUT2D eigenvalue weighted by atomic mass is 127. The van der Waals surface area contributed by atoms with Crippen LogP contribution in [0.2, 0.25) is 0 Å². The third kappa shape index (κ3) is 7.86. The fraction of sp³-hybridized carbons (Fsp3) is 0.550. The maximum Gasteiger partial charge on any atom is 0.191 e. The molecular weight excluding hydrogens is 451 g/mol. The number of nitrogens with one attached hydrogen (secondary N) is 2. The maximum atomic E-state index is 4.53. The highest BCUT2D eigenvalue weighted by Crippen LogP contribution is 2.21. The molecule has 0 saturated carbocycles. The Balaban J connectivity index is 0.00000364. The lowest BCUT2D eigenvalue weighted by atomic mass is 9.89. The molecule has 27 heavy (non-hydrogen) atoms. The SMILES string of the molecule is CN=C(NCc1ccc(-n2ccnc2C)nc1)NC(C)CCC(C)(C)C.I. The van der Waals surface area contributed by atoms with Gasteiger partial charge in [-0.1, -0.05) is 26.8 Å². The van der Waals surface area contributed by atoms with E-state index in [0.29, 0.717) is 18.0 Å². The van der Waals surface area contributed by atoms with Crippen LogP contribution in [0.15, 0.2) is 35.7 Å².